The third-order valence-corrected chi connectivity index (χ3v) is 6.08. The third kappa shape index (κ3) is 4.04. The topological polar surface area (TPSA) is 63.3 Å². The second-order valence-corrected chi connectivity index (χ2v) is 8.34. The van der Waals surface area contributed by atoms with Crippen molar-refractivity contribution >= 4 is 10.9 Å². The maximum absolute atomic E-state index is 12.8. The number of pyridine rings is 1. The monoisotopic (exact) mass is 414 g/mol. The lowest BCUT2D eigenvalue weighted by atomic mass is 10.1. The molecule has 6 heteroatoms. The van der Waals surface area contributed by atoms with Crippen molar-refractivity contribution in [2.24, 2.45) is 0 Å². The van der Waals surface area contributed by atoms with Crippen molar-refractivity contribution in [1.82, 2.24) is 19.2 Å². The van der Waals surface area contributed by atoms with Gasteiger partial charge in [0.2, 0.25) is 0 Å². The van der Waals surface area contributed by atoms with Crippen LogP contribution in [0.15, 0.2) is 71.8 Å². The van der Waals surface area contributed by atoms with Crippen molar-refractivity contribution in [2.45, 2.75) is 26.0 Å². The highest BCUT2D eigenvalue weighted by atomic mass is 16.3. The number of fused-ring (bicyclic) bond motifs is 1. The molecule has 2 aromatic carbocycles. The summed E-state index contributed by atoms with van der Waals surface area (Å²) in [5, 5.41) is 15.2. The average Bonchev–Trinajstić information content (AvgIpc) is 3.38. The Labute approximate surface area is 181 Å². The van der Waals surface area contributed by atoms with Crippen LogP contribution in [0.3, 0.4) is 0 Å². The minimum atomic E-state index is -0.201. The van der Waals surface area contributed by atoms with Gasteiger partial charge in [0.25, 0.3) is 5.56 Å². The zero-order valence-electron chi connectivity index (χ0n) is 17.6. The smallest absolute Gasteiger partial charge is 0.255 e. The van der Waals surface area contributed by atoms with Crippen LogP contribution in [0.2, 0.25) is 0 Å². The van der Waals surface area contributed by atoms with E-state index < -0.39 is 0 Å². The molecule has 1 N–H and O–H groups in total. The molecule has 2 aromatic heterocycles. The fourth-order valence-electron chi connectivity index (χ4n) is 4.27. The molecule has 1 aliphatic heterocycles. The molecule has 1 fully saturated rings. The Morgan fingerprint density at radius 3 is 2.61 bits per heavy atom. The Bertz CT molecular complexity index is 1270. The predicted octanol–water partition coefficient (Wildman–Crippen LogP) is 3.23. The predicted molar refractivity (Wildman–Crippen MR) is 123 cm³/mol. The number of rotatable bonds is 5. The molecule has 0 aliphatic carbocycles. The summed E-state index contributed by atoms with van der Waals surface area (Å²) in [6.07, 6.45) is 4.33. The first-order valence-electron chi connectivity index (χ1n) is 10.7. The van der Waals surface area contributed by atoms with Gasteiger partial charge < -0.3 is 5.11 Å². The molecule has 158 valence electrons. The molecule has 0 spiro atoms. The number of β-amino-alcohol motifs (C(OH)–C–C–N with tert-alkyl or cyclic N) is 1. The van der Waals surface area contributed by atoms with Crippen molar-refractivity contribution in [1.29, 1.82) is 0 Å². The van der Waals surface area contributed by atoms with Crippen molar-refractivity contribution < 1.29 is 5.11 Å². The highest BCUT2D eigenvalue weighted by Crippen LogP contribution is 2.21. The Morgan fingerprint density at radius 2 is 1.87 bits per heavy atom. The van der Waals surface area contributed by atoms with Gasteiger partial charge in [0.1, 0.15) is 0 Å². The van der Waals surface area contributed by atoms with Gasteiger partial charge in [0.15, 0.2) is 0 Å². The number of aromatic nitrogens is 3. The van der Waals surface area contributed by atoms with Gasteiger partial charge in [-0.2, -0.15) is 5.10 Å². The van der Waals surface area contributed by atoms with Gasteiger partial charge in [0, 0.05) is 43.0 Å². The van der Waals surface area contributed by atoms with Gasteiger partial charge in [-0.25, -0.2) is 0 Å². The van der Waals surface area contributed by atoms with Gasteiger partial charge in [-0.1, -0.05) is 29.8 Å². The maximum atomic E-state index is 12.8. The first-order valence-corrected chi connectivity index (χ1v) is 10.7. The Hall–Kier alpha value is -3.22. The molecule has 31 heavy (non-hydrogen) atoms. The van der Waals surface area contributed by atoms with Crippen LogP contribution in [-0.4, -0.2) is 50.1 Å². The van der Waals surface area contributed by atoms with E-state index in [0.29, 0.717) is 0 Å². The largest absolute Gasteiger partial charge is 0.392 e. The molecule has 3 heterocycles. The van der Waals surface area contributed by atoms with Crippen LogP contribution in [0.25, 0.3) is 27.7 Å². The van der Waals surface area contributed by atoms with Crippen molar-refractivity contribution in [3.8, 4) is 16.8 Å². The summed E-state index contributed by atoms with van der Waals surface area (Å²) in [4.78, 5) is 15.1. The SMILES string of the molecule is Cc1ccc(-c2ccn(-c3ccc4c(cnn4CCN4CC[C@H](O)C4)c3)c(=O)c2)cc1. The highest BCUT2D eigenvalue weighted by molar-refractivity contribution is 5.81. The van der Waals surface area contributed by atoms with E-state index in [1.165, 1.54) is 5.56 Å². The number of hydrogen-bond donors (Lipinski definition) is 1. The van der Waals surface area contributed by atoms with Gasteiger partial charge in [-0.3, -0.25) is 18.9 Å². The second kappa shape index (κ2) is 8.13. The fraction of sp³-hybridized carbons (Fsp3) is 0.280. The van der Waals surface area contributed by atoms with E-state index in [2.05, 4.69) is 29.1 Å². The minimum Gasteiger partial charge on any atom is -0.392 e. The Morgan fingerprint density at radius 1 is 1.03 bits per heavy atom. The van der Waals surface area contributed by atoms with Crippen LogP contribution in [0.5, 0.6) is 0 Å². The molecular weight excluding hydrogens is 388 g/mol. The number of aliphatic hydroxyl groups excluding tert-OH is 1. The first-order chi connectivity index (χ1) is 15.1. The minimum absolute atomic E-state index is 0.0580. The molecule has 1 aliphatic rings. The first kappa shape index (κ1) is 19.7. The van der Waals surface area contributed by atoms with E-state index >= 15 is 0 Å². The van der Waals surface area contributed by atoms with Crippen LogP contribution in [0.4, 0.5) is 0 Å². The molecule has 1 atom stereocenters. The van der Waals surface area contributed by atoms with Gasteiger partial charge in [-0.05, 0) is 48.7 Å². The number of benzene rings is 2. The van der Waals surface area contributed by atoms with E-state index in [4.69, 9.17) is 0 Å². The lowest BCUT2D eigenvalue weighted by Gasteiger charge is -2.15. The molecule has 0 unspecified atom stereocenters. The number of aryl methyl sites for hydroxylation is 1. The van der Waals surface area contributed by atoms with Crippen molar-refractivity contribution in [3.05, 3.63) is 82.9 Å². The number of aliphatic hydroxyl groups is 1. The van der Waals surface area contributed by atoms with Crippen LogP contribution >= 0.6 is 0 Å². The maximum Gasteiger partial charge on any atom is 0.255 e. The average molecular weight is 415 g/mol. The van der Waals surface area contributed by atoms with Gasteiger partial charge in [0.05, 0.1) is 24.4 Å². The summed E-state index contributed by atoms with van der Waals surface area (Å²) in [6.45, 7) is 5.38. The second-order valence-electron chi connectivity index (χ2n) is 8.34. The molecule has 5 rings (SSSR count). The summed E-state index contributed by atoms with van der Waals surface area (Å²) >= 11 is 0. The lowest BCUT2D eigenvalue weighted by molar-refractivity contribution is 0.175. The molecule has 0 bridgehead atoms. The van der Waals surface area contributed by atoms with Crippen LogP contribution in [0.1, 0.15) is 12.0 Å². The van der Waals surface area contributed by atoms with Crippen molar-refractivity contribution in [3.63, 3.8) is 0 Å². The molecule has 4 aromatic rings. The standard InChI is InChI=1S/C25H26N4O2/c1-18-2-4-19(5-3-18)20-8-11-28(25(31)15-20)22-6-7-24-21(14-22)16-26-29(24)13-12-27-10-9-23(30)17-27/h2-8,11,14-16,23,30H,9-10,12-13,17H2,1H3/t23-/m0/s1. The quantitative estimate of drug-likeness (QED) is 0.545. The zero-order valence-corrected chi connectivity index (χ0v) is 17.6. The van der Waals surface area contributed by atoms with Crippen LogP contribution < -0.4 is 5.56 Å². The van der Waals surface area contributed by atoms with E-state index in [1.54, 1.807) is 10.6 Å². The summed E-state index contributed by atoms with van der Waals surface area (Å²) in [5.74, 6) is 0. The van der Waals surface area contributed by atoms with Crippen LogP contribution in [0, 0.1) is 6.92 Å². The summed E-state index contributed by atoms with van der Waals surface area (Å²) in [5.41, 5.74) is 4.98. The van der Waals surface area contributed by atoms with Gasteiger partial charge in [-0.15, -0.1) is 0 Å². The summed E-state index contributed by atoms with van der Waals surface area (Å²) in [7, 11) is 0. The number of likely N-dealkylation sites (tertiary alicyclic amines) is 1. The number of hydrogen-bond acceptors (Lipinski definition) is 4. The van der Waals surface area contributed by atoms with Crippen molar-refractivity contribution in [2.75, 3.05) is 19.6 Å². The highest BCUT2D eigenvalue weighted by Gasteiger charge is 2.19. The summed E-state index contributed by atoms with van der Waals surface area (Å²) in [6, 6.07) is 17.8. The van der Waals surface area contributed by atoms with E-state index in [9.17, 15) is 9.90 Å². The molecule has 6 nitrogen and oxygen atoms in total. The number of nitrogens with zero attached hydrogens (tertiary/aromatic N) is 4. The molecular formula is C25H26N4O2. The Balaban J connectivity index is 1.38. The van der Waals surface area contributed by atoms with E-state index in [1.807, 2.05) is 53.5 Å². The Kier molecular flexibility index (Phi) is 5.18. The normalized spacial score (nSPS) is 16.9. The van der Waals surface area contributed by atoms with Gasteiger partial charge >= 0.3 is 0 Å². The zero-order chi connectivity index (χ0) is 21.4. The summed E-state index contributed by atoms with van der Waals surface area (Å²) < 4.78 is 3.66. The van der Waals surface area contributed by atoms with Crippen LogP contribution in [-0.2, 0) is 6.54 Å². The molecule has 1 saturated heterocycles. The molecule has 0 saturated carbocycles. The van der Waals surface area contributed by atoms with E-state index in [-0.39, 0.29) is 11.7 Å². The lowest BCUT2D eigenvalue weighted by Crippen LogP contribution is -2.26. The third-order valence-electron chi connectivity index (χ3n) is 6.08. The fourth-order valence-corrected chi connectivity index (χ4v) is 4.27. The van der Waals surface area contributed by atoms with E-state index in [0.717, 1.165) is 60.3 Å². The molecule has 0 radical (unpaired) electrons. The molecule has 0 amide bonds.